The Morgan fingerprint density at radius 2 is 1.96 bits per heavy atom. The van der Waals surface area contributed by atoms with Crippen molar-refractivity contribution in [3.05, 3.63) is 32.8 Å². The third-order valence-electron chi connectivity index (χ3n) is 3.04. The summed E-state index contributed by atoms with van der Waals surface area (Å²) in [6.45, 7) is 4.93. The van der Waals surface area contributed by atoms with Crippen LogP contribution < -0.4 is 10.0 Å². The molecule has 0 aliphatic heterocycles. The van der Waals surface area contributed by atoms with Crippen LogP contribution in [0.25, 0.3) is 0 Å². The molecule has 0 radical (unpaired) electrons. The van der Waals surface area contributed by atoms with Crippen molar-refractivity contribution in [2.45, 2.75) is 25.7 Å². The van der Waals surface area contributed by atoms with E-state index in [0.717, 1.165) is 12.1 Å². The van der Waals surface area contributed by atoms with Crippen LogP contribution in [0.15, 0.2) is 17.0 Å². The van der Waals surface area contributed by atoms with Crippen LogP contribution >= 0.6 is 11.6 Å². The van der Waals surface area contributed by atoms with Gasteiger partial charge in [-0.3, -0.25) is 14.9 Å². The van der Waals surface area contributed by atoms with E-state index in [1.54, 1.807) is 13.8 Å². The summed E-state index contributed by atoms with van der Waals surface area (Å²) in [5.74, 6) is -0.400. The molecule has 1 aromatic carbocycles. The zero-order chi connectivity index (χ0) is 17.8. The van der Waals surface area contributed by atoms with Gasteiger partial charge >= 0.3 is 0 Å². The van der Waals surface area contributed by atoms with Crippen molar-refractivity contribution in [2.75, 3.05) is 13.1 Å². The molecule has 0 bridgehead atoms. The van der Waals surface area contributed by atoms with Crippen LogP contribution in [0.1, 0.15) is 19.4 Å². The number of carbonyl (C=O) groups excluding carboxylic acids is 1. The third-order valence-corrected chi connectivity index (χ3v) is 4.87. The van der Waals surface area contributed by atoms with Crippen LogP contribution in [0.5, 0.6) is 0 Å². The maximum atomic E-state index is 12.1. The van der Waals surface area contributed by atoms with Gasteiger partial charge in [0.25, 0.3) is 5.69 Å². The van der Waals surface area contributed by atoms with Gasteiger partial charge in [0, 0.05) is 30.6 Å². The zero-order valence-corrected chi connectivity index (χ0v) is 14.5. The number of carbonyl (C=O) groups is 1. The van der Waals surface area contributed by atoms with Gasteiger partial charge in [0.1, 0.15) is 0 Å². The summed E-state index contributed by atoms with van der Waals surface area (Å²) in [5.41, 5.74) is -0.175. The molecule has 128 valence electrons. The van der Waals surface area contributed by atoms with Crippen LogP contribution in [-0.4, -0.2) is 32.3 Å². The molecular weight excluding hydrogens is 346 g/mol. The van der Waals surface area contributed by atoms with Gasteiger partial charge in [-0.2, -0.15) is 0 Å². The van der Waals surface area contributed by atoms with E-state index in [1.807, 2.05) is 0 Å². The van der Waals surface area contributed by atoms with Crippen molar-refractivity contribution in [2.24, 2.45) is 5.92 Å². The summed E-state index contributed by atoms with van der Waals surface area (Å²) < 4.78 is 26.5. The Morgan fingerprint density at radius 1 is 1.35 bits per heavy atom. The fourth-order valence-electron chi connectivity index (χ4n) is 1.64. The van der Waals surface area contributed by atoms with Crippen LogP contribution in [0.4, 0.5) is 5.69 Å². The second-order valence-electron chi connectivity index (χ2n) is 5.15. The largest absolute Gasteiger partial charge is 0.355 e. The number of nitro groups is 1. The molecule has 0 heterocycles. The van der Waals surface area contributed by atoms with Crippen LogP contribution in [0.2, 0.25) is 5.02 Å². The molecule has 0 saturated carbocycles. The average molecular weight is 364 g/mol. The number of rotatable bonds is 7. The number of sulfonamides is 1. The van der Waals surface area contributed by atoms with E-state index >= 15 is 0 Å². The summed E-state index contributed by atoms with van der Waals surface area (Å²) in [6.07, 6.45) is 0. The van der Waals surface area contributed by atoms with Gasteiger partial charge in [0.15, 0.2) is 0 Å². The lowest BCUT2D eigenvalue weighted by Gasteiger charge is -2.10. The summed E-state index contributed by atoms with van der Waals surface area (Å²) in [5, 5.41) is 13.5. The molecule has 1 rings (SSSR count). The molecular formula is C13H18ClN3O5S. The smallest absolute Gasteiger partial charge is 0.275 e. The molecule has 1 amide bonds. The maximum Gasteiger partial charge on any atom is 0.275 e. The number of nitrogens with zero attached hydrogens (tertiary/aromatic N) is 1. The SMILES string of the molecule is Cc1c(Cl)cc(S(=O)(=O)NCCNC(=O)C(C)C)cc1[N+](=O)[O-]. The monoisotopic (exact) mass is 363 g/mol. The number of nitro benzene ring substituents is 1. The lowest BCUT2D eigenvalue weighted by Crippen LogP contribution is -2.36. The molecule has 0 fully saturated rings. The van der Waals surface area contributed by atoms with E-state index in [2.05, 4.69) is 10.0 Å². The predicted octanol–water partition coefficient (Wildman–Crippen LogP) is 1.61. The van der Waals surface area contributed by atoms with Gasteiger partial charge in [-0.05, 0) is 13.0 Å². The average Bonchev–Trinajstić information content (AvgIpc) is 2.45. The number of halogens is 1. The minimum atomic E-state index is -3.96. The van der Waals surface area contributed by atoms with Crippen molar-refractivity contribution >= 4 is 33.2 Å². The number of hydrogen-bond acceptors (Lipinski definition) is 5. The first-order valence-electron chi connectivity index (χ1n) is 6.78. The lowest BCUT2D eigenvalue weighted by molar-refractivity contribution is -0.385. The molecule has 0 unspecified atom stereocenters. The van der Waals surface area contributed by atoms with E-state index in [9.17, 15) is 23.3 Å². The lowest BCUT2D eigenvalue weighted by atomic mass is 10.2. The highest BCUT2D eigenvalue weighted by Crippen LogP contribution is 2.29. The summed E-state index contributed by atoms with van der Waals surface area (Å²) in [4.78, 5) is 21.3. The van der Waals surface area contributed by atoms with E-state index in [-0.39, 0.29) is 46.1 Å². The standard InChI is InChI=1S/C13H18ClN3O5S/c1-8(2)13(18)15-4-5-16-23(21,22)10-6-11(14)9(3)12(7-10)17(19)20/h6-8,16H,4-5H2,1-3H3,(H,15,18). The first-order valence-corrected chi connectivity index (χ1v) is 8.64. The molecule has 0 spiro atoms. The number of benzene rings is 1. The second-order valence-corrected chi connectivity index (χ2v) is 7.32. The Bertz CT molecular complexity index is 719. The topological polar surface area (TPSA) is 118 Å². The van der Waals surface area contributed by atoms with Crippen LogP contribution in [-0.2, 0) is 14.8 Å². The van der Waals surface area contributed by atoms with Crippen molar-refractivity contribution < 1.29 is 18.1 Å². The van der Waals surface area contributed by atoms with Gasteiger partial charge in [-0.1, -0.05) is 25.4 Å². The highest BCUT2D eigenvalue weighted by molar-refractivity contribution is 7.89. The van der Waals surface area contributed by atoms with Crippen molar-refractivity contribution in [1.82, 2.24) is 10.0 Å². The van der Waals surface area contributed by atoms with Gasteiger partial charge in [0.2, 0.25) is 15.9 Å². The van der Waals surface area contributed by atoms with Crippen molar-refractivity contribution in [3.8, 4) is 0 Å². The molecule has 23 heavy (non-hydrogen) atoms. The van der Waals surface area contributed by atoms with Gasteiger partial charge < -0.3 is 5.32 Å². The quantitative estimate of drug-likeness (QED) is 0.433. The Morgan fingerprint density at radius 3 is 2.48 bits per heavy atom. The number of amides is 1. The van der Waals surface area contributed by atoms with E-state index < -0.39 is 14.9 Å². The third kappa shape index (κ3) is 5.15. The Kier molecular flexibility index (Phi) is 6.48. The Hall–Kier alpha value is -1.71. The van der Waals surface area contributed by atoms with Crippen LogP contribution in [0, 0.1) is 23.0 Å². The van der Waals surface area contributed by atoms with Crippen molar-refractivity contribution in [3.63, 3.8) is 0 Å². The second kappa shape index (κ2) is 7.71. The van der Waals surface area contributed by atoms with E-state index in [1.165, 1.54) is 6.92 Å². The van der Waals surface area contributed by atoms with Gasteiger partial charge in [-0.25, -0.2) is 13.1 Å². The molecule has 0 aromatic heterocycles. The fraction of sp³-hybridized carbons (Fsp3) is 0.462. The first kappa shape index (κ1) is 19.3. The molecule has 0 atom stereocenters. The molecule has 8 nitrogen and oxygen atoms in total. The zero-order valence-electron chi connectivity index (χ0n) is 12.9. The number of nitrogens with one attached hydrogen (secondary N) is 2. The highest BCUT2D eigenvalue weighted by atomic mass is 35.5. The summed E-state index contributed by atoms with van der Waals surface area (Å²) >= 11 is 5.85. The molecule has 1 aromatic rings. The highest BCUT2D eigenvalue weighted by Gasteiger charge is 2.22. The Labute approximate surface area is 139 Å². The number of hydrogen-bond donors (Lipinski definition) is 2. The summed E-state index contributed by atoms with van der Waals surface area (Å²) in [7, 11) is -3.96. The predicted molar refractivity (Wildman–Crippen MR) is 85.9 cm³/mol. The first-order chi connectivity index (χ1) is 10.6. The molecule has 10 heteroatoms. The van der Waals surface area contributed by atoms with E-state index in [4.69, 9.17) is 11.6 Å². The minimum absolute atomic E-state index is 0.00677. The molecule has 2 N–H and O–H groups in total. The summed E-state index contributed by atoms with van der Waals surface area (Å²) in [6, 6.07) is 2.11. The van der Waals surface area contributed by atoms with Gasteiger partial charge in [-0.15, -0.1) is 0 Å². The van der Waals surface area contributed by atoms with Crippen LogP contribution in [0.3, 0.4) is 0 Å². The maximum absolute atomic E-state index is 12.1. The fourth-order valence-corrected chi connectivity index (χ4v) is 3.00. The van der Waals surface area contributed by atoms with Crippen molar-refractivity contribution in [1.29, 1.82) is 0 Å². The molecule has 0 saturated heterocycles. The Balaban J connectivity index is 2.85. The molecule has 0 aliphatic carbocycles. The van der Waals surface area contributed by atoms with Gasteiger partial charge in [0.05, 0.1) is 14.8 Å². The minimum Gasteiger partial charge on any atom is -0.355 e. The van der Waals surface area contributed by atoms with E-state index in [0.29, 0.717) is 0 Å². The normalized spacial score (nSPS) is 11.5. The molecule has 0 aliphatic rings.